The molecule has 0 N–H and O–H groups in total. The minimum absolute atomic E-state index is 0.257. The van der Waals surface area contributed by atoms with E-state index in [2.05, 4.69) is 0 Å². The Morgan fingerprint density at radius 3 is 2.37 bits per heavy atom. The van der Waals surface area contributed by atoms with Crippen LogP contribution in [-0.2, 0) is 0 Å². The molecule has 0 bridgehead atoms. The zero-order valence-electron chi connectivity index (χ0n) is 15.1. The van der Waals surface area contributed by atoms with Crippen LogP contribution >= 0.6 is 0 Å². The first-order chi connectivity index (χ1) is 13.1. The van der Waals surface area contributed by atoms with Gasteiger partial charge in [-0.1, -0.05) is 18.2 Å². The number of fused-ring (bicyclic) bond motifs is 1. The molecule has 136 valence electrons. The molecule has 27 heavy (non-hydrogen) atoms. The molecule has 3 aromatic carbocycles. The normalized spacial score (nSPS) is 14.5. The predicted molar refractivity (Wildman–Crippen MR) is 102 cm³/mol. The number of aryl methyl sites for hydroxylation is 1. The SMILES string of the molecule is COc1ccc(/C(=C2/COc3ccc(F)cc32)c2ccc(F)c(C)c2)cc1. The molecule has 2 nitrogen and oxygen atoms in total. The van der Waals surface area contributed by atoms with E-state index in [4.69, 9.17) is 9.47 Å². The van der Waals surface area contributed by atoms with Crippen molar-refractivity contribution >= 4 is 11.1 Å². The Hall–Kier alpha value is -3.14. The van der Waals surface area contributed by atoms with Gasteiger partial charge in [0.15, 0.2) is 0 Å². The summed E-state index contributed by atoms with van der Waals surface area (Å²) in [4.78, 5) is 0. The van der Waals surface area contributed by atoms with Crippen LogP contribution in [0.5, 0.6) is 11.5 Å². The first-order valence-electron chi connectivity index (χ1n) is 8.63. The Morgan fingerprint density at radius 1 is 0.926 bits per heavy atom. The molecule has 1 heterocycles. The predicted octanol–water partition coefficient (Wildman–Crippen LogP) is 5.63. The lowest BCUT2D eigenvalue weighted by Crippen LogP contribution is -1.98. The second kappa shape index (κ2) is 6.88. The van der Waals surface area contributed by atoms with Crippen molar-refractivity contribution in [1.29, 1.82) is 0 Å². The lowest BCUT2D eigenvalue weighted by atomic mass is 9.89. The molecule has 1 aliphatic rings. The zero-order valence-corrected chi connectivity index (χ0v) is 15.1. The fourth-order valence-corrected chi connectivity index (χ4v) is 3.37. The van der Waals surface area contributed by atoms with Crippen molar-refractivity contribution < 1.29 is 18.3 Å². The van der Waals surface area contributed by atoms with E-state index in [1.165, 1.54) is 18.2 Å². The highest BCUT2D eigenvalue weighted by Crippen LogP contribution is 2.41. The number of ether oxygens (including phenoxy) is 2. The fourth-order valence-electron chi connectivity index (χ4n) is 3.37. The van der Waals surface area contributed by atoms with Crippen molar-refractivity contribution in [2.24, 2.45) is 0 Å². The van der Waals surface area contributed by atoms with Gasteiger partial charge in [-0.05, 0) is 71.7 Å². The van der Waals surface area contributed by atoms with Crippen molar-refractivity contribution in [3.8, 4) is 11.5 Å². The monoisotopic (exact) mass is 364 g/mol. The molecule has 0 saturated heterocycles. The molecule has 0 spiro atoms. The van der Waals surface area contributed by atoms with Crippen LogP contribution in [0.15, 0.2) is 60.7 Å². The van der Waals surface area contributed by atoms with Crippen LogP contribution in [0.3, 0.4) is 0 Å². The molecule has 1 aliphatic heterocycles. The van der Waals surface area contributed by atoms with Gasteiger partial charge in [0, 0.05) is 11.1 Å². The average molecular weight is 364 g/mol. The van der Waals surface area contributed by atoms with Gasteiger partial charge < -0.3 is 9.47 Å². The number of methoxy groups -OCH3 is 1. The molecule has 0 fully saturated rings. The quantitative estimate of drug-likeness (QED) is 0.599. The summed E-state index contributed by atoms with van der Waals surface area (Å²) in [5.41, 5.74) is 4.83. The number of hydrogen-bond donors (Lipinski definition) is 0. The summed E-state index contributed by atoms with van der Waals surface area (Å²) in [7, 11) is 1.61. The van der Waals surface area contributed by atoms with Gasteiger partial charge in [0.1, 0.15) is 29.7 Å². The van der Waals surface area contributed by atoms with Crippen molar-refractivity contribution in [2.45, 2.75) is 6.92 Å². The average Bonchev–Trinajstić information content (AvgIpc) is 3.08. The first-order valence-corrected chi connectivity index (χ1v) is 8.63. The molecule has 4 rings (SSSR count). The van der Waals surface area contributed by atoms with Crippen LogP contribution in [0.25, 0.3) is 11.1 Å². The summed E-state index contributed by atoms with van der Waals surface area (Å²) in [5, 5.41) is 0. The highest BCUT2D eigenvalue weighted by molar-refractivity contribution is 6.01. The first kappa shape index (κ1) is 17.3. The Balaban J connectivity index is 1.97. The molecule has 3 aromatic rings. The smallest absolute Gasteiger partial charge is 0.127 e. The fraction of sp³-hybridized carbons (Fsp3) is 0.130. The highest BCUT2D eigenvalue weighted by atomic mass is 19.1. The van der Waals surface area contributed by atoms with Crippen LogP contribution in [0.2, 0.25) is 0 Å². The maximum atomic E-state index is 13.9. The maximum absolute atomic E-state index is 13.9. The summed E-state index contributed by atoms with van der Waals surface area (Å²) >= 11 is 0. The molecular formula is C23H18F2O2. The van der Waals surface area contributed by atoms with Gasteiger partial charge in [-0.2, -0.15) is 0 Å². The molecule has 0 amide bonds. The Labute approximate surface area is 156 Å². The van der Waals surface area contributed by atoms with E-state index in [0.717, 1.165) is 33.6 Å². The standard InChI is InChI=1S/C23H18F2O2/c1-14-11-16(5-9-21(14)25)23(15-3-7-18(26-2)8-4-15)20-13-27-22-10-6-17(24)12-19(20)22/h3-12H,13H2,1-2H3/b23-20+. The second-order valence-corrected chi connectivity index (χ2v) is 6.48. The number of halogens is 2. The molecule has 0 aliphatic carbocycles. The lowest BCUT2D eigenvalue weighted by molar-refractivity contribution is 0.388. The van der Waals surface area contributed by atoms with Gasteiger partial charge in [-0.15, -0.1) is 0 Å². The van der Waals surface area contributed by atoms with E-state index < -0.39 is 0 Å². The summed E-state index contributed by atoms with van der Waals surface area (Å²) in [6.07, 6.45) is 0. The van der Waals surface area contributed by atoms with E-state index >= 15 is 0 Å². The third-order valence-corrected chi connectivity index (χ3v) is 4.77. The van der Waals surface area contributed by atoms with E-state index in [9.17, 15) is 8.78 Å². The summed E-state index contributed by atoms with van der Waals surface area (Å²) in [6.45, 7) is 2.06. The second-order valence-electron chi connectivity index (χ2n) is 6.48. The molecule has 0 saturated carbocycles. The largest absolute Gasteiger partial charge is 0.497 e. The topological polar surface area (TPSA) is 18.5 Å². The van der Waals surface area contributed by atoms with Gasteiger partial charge in [0.2, 0.25) is 0 Å². The molecule has 0 aromatic heterocycles. The summed E-state index contributed by atoms with van der Waals surface area (Å²) < 4.78 is 38.7. The van der Waals surface area contributed by atoms with Gasteiger partial charge in [-0.25, -0.2) is 8.78 Å². The maximum Gasteiger partial charge on any atom is 0.127 e. The third kappa shape index (κ3) is 3.19. The minimum atomic E-state index is -0.318. The van der Waals surface area contributed by atoms with E-state index in [-0.39, 0.29) is 11.6 Å². The van der Waals surface area contributed by atoms with Gasteiger partial charge in [0.05, 0.1) is 7.11 Å². The number of rotatable bonds is 3. The van der Waals surface area contributed by atoms with Crippen molar-refractivity contribution in [3.63, 3.8) is 0 Å². The summed E-state index contributed by atoms with van der Waals surface area (Å²) in [6, 6.07) is 17.1. The van der Waals surface area contributed by atoms with Crippen LogP contribution in [0.1, 0.15) is 22.3 Å². The Morgan fingerprint density at radius 2 is 1.67 bits per heavy atom. The van der Waals surface area contributed by atoms with Gasteiger partial charge in [-0.3, -0.25) is 0 Å². The van der Waals surface area contributed by atoms with E-state index in [0.29, 0.717) is 17.9 Å². The van der Waals surface area contributed by atoms with Gasteiger partial charge >= 0.3 is 0 Å². The minimum Gasteiger partial charge on any atom is -0.497 e. The molecule has 0 radical (unpaired) electrons. The van der Waals surface area contributed by atoms with Crippen LogP contribution in [-0.4, -0.2) is 13.7 Å². The van der Waals surface area contributed by atoms with Crippen molar-refractivity contribution in [1.82, 2.24) is 0 Å². The number of hydrogen-bond acceptors (Lipinski definition) is 2. The lowest BCUT2D eigenvalue weighted by Gasteiger charge is -2.14. The highest BCUT2D eigenvalue weighted by Gasteiger charge is 2.24. The van der Waals surface area contributed by atoms with Crippen molar-refractivity contribution in [2.75, 3.05) is 13.7 Å². The third-order valence-electron chi connectivity index (χ3n) is 4.77. The molecule has 0 atom stereocenters. The van der Waals surface area contributed by atoms with Gasteiger partial charge in [0.25, 0.3) is 0 Å². The Bertz CT molecular complexity index is 1040. The van der Waals surface area contributed by atoms with Crippen LogP contribution in [0, 0.1) is 18.6 Å². The summed E-state index contributed by atoms with van der Waals surface area (Å²) in [5.74, 6) is 0.816. The van der Waals surface area contributed by atoms with Crippen molar-refractivity contribution in [3.05, 3.63) is 94.6 Å². The van der Waals surface area contributed by atoms with E-state index in [1.54, 1.807) is 32.2 Å². The molecule has 0 unspecified atom stereocenters. The molecular weight excluding hydrogens is 346 g/mol. The van der Waals surface area contributed by atoms with E-state index in [1.807, 2.05) is 24.3 Å². The number of benzene rings is 3. The van der Waals surface area contributed by atoms with Crippen LogP contribution < -0.4 is 9.47 Å². The Kier molecular flexibility index (Phi) is 4.40. The molecule has 4 heteroatoms. The zero-order chi connectivity index (χ0) is 19.0. The van der Waals surface area contributed by atoms with Crippen LogP contribution in [0.4, 0.5) is 8.78 Å².